The van der Waals surface area contributed by atoms with Gasteiger partial charge in [-0.2, -0.15) is 0 Å². The molecule has 0 unspecified atom stereocenters. The van der Waals surface area contributed by atoms with Crippen molar-refractivity contribution in [2.24, 2.45) is 0 Å². The Labute approximate surface area is 135 Å². The molecule has 0 amide bonds. The van der Waals surface area contributed by atoms with Gasteiger partial charge in [0.15, 0.2) is 4.77 Å². The summed E-state index contributed by atoms with van der Waals surface area (Å²) in [4.78, 5) is 17.9. The lowest BCUT2D eigenvalue weighted by molar-refractivity contribution is 0.940. The van der Waals surface area contributed by atoms with Crippen LogP contribution in [0.4, 0.5) is 0 Å². The minimum Gasteiger partial charge on any atom is -0.323 e. The fourth-order valence-electron chi connectivity index (χ4n) is 2.34. The Balaban J connectivity index is 2.49. The average Bonchev–Trinajstić information content (AvgIpc) is 2.69. The maximum absolute atomic E-state index is 12.9. The molecule has 1 N–H and O–H groups in total. The molecular formula is C15H13ClN2OS2. The second kappa shape index (κ2) is 5.09. The summed E-state index contributed by atoms with van der Waals surface area (Å²) in [6.45, 7) is 5.91. The molecule has 0 saturated heterocycles. The van der Waals surface area contributed by atoms with Gasteiger partial charge < -0.3 is 4.98 Å². The lowest BCUT2D eigenvalue weighted by atomic mass is 10.2. The highest BCUT2D eigenvalue weighted by molar-refractivity contribution is 7.71. The normalized spacial score (nSPS) is 11.2. The molecule has 0 fully saturated rings. The third-order valence-electron chi connectivity index (χ3n) is 3.57. The summed E-state index contributed by atoms with van der Waals surface area (Å²) in [6.07, 6.45) is 0. The number of aromatic nitrogens is 2. The molecule has 0 aliphatic heterocycles. The lowest BCUT2D eigenvalue weighted by Gasteiger charge is -2.09. The van der Waals surface area contributed by atoms with Crippen molar-refractivity contribution in [2.45, 2.75) is 20.8 Å². The minimum atomic E-state index is -0.122. The van der Waals surface area contributed by atoms with Crippen LogP contribution in [-0.2, 0) is 0 Å². The van der Waals surface area contributed by atoms with E-state index in [-0.39, 0.29) is 5.56 Å². The molecule has 0 spiro atoms. The monoisotopic (exact) mass is 336 g/mol. The Morgan fingerprint density at radius 1 is 1.29 bits per heavy atom. The maximum Gasteiger partial charge on any atom is 0.267 e. The summed E-state index contributed by atoms with van der Waals surface area (Å²) in [7, 11) is 0. The zero-order valence-corrected chi connectivity index (χ0v) is 14.2. The van der Waals surface area contributed by atoms with E-state index in [9.17, 15) is 4.79 Å². The number of benzene rings is 1. The summed E-state index contributed by atoms with van der Waals surface area (Å²) in [5.41, 5.74) is 2.51. The van der Waals surface area contributed by atoms with Crippen molar-refractivity contribution in [3.8, 4) is 5.69 Å². The molecule has 21 heavy (non-hydrogen) atoms. The van der Waals surface area contributed by atoms with Gasteiger partial charge in [-0.3, -0.25) is 9.36 Å². The van der Waals surface area contributed by atoms with Crippen LogP contribution < -0.4 is 5.56 Å². The third-order valence-corrected chi connectivity index (χ3v) is 5.30. The molecule has 0 radical (unpaired) electrons. The van der Waals surface area contributed by atoms with E-state index in [1.807, 2.05) is 32.9 Å². The minimum absolute atomic E-state index is 0.122. The molecule has 1 aromatic carbocycles. The number of rotatable bonds is 1. The zero-order chi connectivity index (χ0) is 15.3. The second-order valence-corrected chi connectivity index (χ2v) is 7.03. The first-order chi connectivity index (χ1) is 9.90. The fraction of sp³-hybridized carbons (Fsp3) is 0.200. The summed E-state index contributed by atoms with van der Waals surface area (Å²) >= 11 is 13.2. The van der Waals surface area contributed by atoms with Gasteiger partial charge in [0.05, 0.1) is 16.1 Å². The molecule has 0 aliphatic carbocycles. The van der Waals surface area contributed by atoms with Gasteiger partial charge in [0.25, 0.3) is 5.56 Å². The Kier molecular flexibility index (Phi) is 3.51. The highest BCUT2D eigenvalue weighted by atomic mass is 35.5. The maximum atomic E-state index is 12.9. The summed E-state index contributed by atoms with van der Waals surface area (Å²) in [5, 5.41) is 1.19. The van der Waals surface area contributed by atoms with E-state index < -0.39 is 0 Å². The number of nitrogens with one attached hydrogen (secondary N) is 1. The Morgan fingerprint density at radius 3 is 2.71 bits per heavy atom. The molecule has 0 atom stereocenters. The first-order valence-electron chi connectivity index (χ1n) is 6.41. The van der Waals surface area contributed by atoms with Gasteiger partial charge in [-0.05, 0) is 56.2 Å². The van der Waals surface area contributed by atoms with Crippen LogP contribution in [0.1, 0.15) is 16.0 Å². The standard InChI is InChI=1S/C15H13ClN2OS2/c1-7-4-5-10(16)11(6-7)18-14(19)12-8(2)9(3)21-13(12)17-15(18)20/h4-6H,1-3H3,(H,17,20). The molecule has 3 rings (SSSR count). The van der Waals surface area contributed by atoms with Gasteiger partial charge >= 0.3 is 0 Å². The van der Waals surface area contributed by atoms with Gasteiger partial charge in [-0.25, -0.2) is 0 Å². The van der Waals surface area contributed by atoms with Gasteiger partial charge in [-0.1, -0.05) is 17.7 Å². The number of thiophene rings is 1. The molecule has 3 aromatic rings. The van der Waals surface area contributed by atoms with Crippen molar-refractivity contribution in [2.75, 3.05) is 0 Å². The van der Waals surface area contributed by atoms with E-state index in [0.29, 0.717) is 20.9 Å². The number of nitrogens with zero attached hydrogens (tertiary/aromatic N) is 1. The summed E-state index contributed by atoms with van der Waals surface area (Å²) < 4.78 is 1.84. The van der Waals surface area contributed by atoms with Crippen LogP contribution in [0.2, 0.25) is 5.02 Å². The summed E-state index contributed by atoms with van der Waals surface area (Å²) in [6, 6.07) is 5.55. The predicted molar refractivity (Wildman–Crippen MR) is 91.8 cm³/mol. The van der Waals surface area contributed by atoms with E-state index in [1.54, 1.807) is 17.4 Å². The second-order valence-electron chi connectivity index (χ2n) is 5.01. The quantitative estimate of drug-likeness (QED) is 0.655. The molecule has 108 valence electrons. The van der Waals surface area contributed by atoms with Crippen molar-refractivity contribution in [1.29, 1.82) is 0 Å². The molecular weight excluding hydrogens is 324 g/mol. The van der Waals surface area contributed by atoms with Gasteiger partial charge in [0.2, 0.25) is 0 Å². The lowest BCUT2D eigenvalue weighted by Crippen LogP contribution is -2.20. The zero-order valence-electron chi connectivity index (χ0n) is 11.8. The van der Waals surface area contributed by atoms with Gasteiger partial charge in [0, 0.05) is 4.88 Å². The van der Waals surface area contributed by atoms with Gasteiger partial charge in [-0.15, -0.1) is 11.3 Å². The van der Waals surface area contributed by atoms with E-state index in [0.717, 1.165) is 20.8 Å². The van der Waals surface area contributed by atoms with E-state index >= 15 is 0 Å². The largest absolute Gasteiger partial charge is 0.323 e. The van der Waals surface area contributed by atoms with Crippen molar-refractivity contribution in [3.05, 3.63) is 54.4 Å². The fourth-order valence-corrected chi connectivity index (χ4v) is 3.94. The van der Waals surface area contributed by atoms with Crippen molar-refractivity contribution < 1.29 is 0 Å². The van der Waals surface area contributed by atoms with Crippen LogP contribution in [-0.4, -0.2) is 9.55 Å². The topological polar surface area (TPSA) is 37.8 Å². The van der Waals surface area contributed by atoms with E-state index in [2.05, 4.69) is 4.98 Å². The van der Waals surface area contributed by atoms with Crippen LogP contribution in [0.25, 0.3) is 15.9 Å². The molecule has 0 saturated carbocycles. The predicted octanol–water partition coefficient (Wildman–Crippen LogP) is 4.69. The Hall–Kier alpha value is -1.43. The number of fused-ring (bicyclic) bond motifs is 1. The van der Waals surface area contributed by atoms with Crippen LogP contribution in [0.3, 0.4) is 0 Å². The van der Waals surface area contributed by atoms with E-state index in [1.165, 1.54) is 4.57 Å². The molecule has 2 heterocycles. The first-order valence-corrected chi connectivity index (χ1v) is 8.02. The molecule has 6 heteroatoms. The number of aromatic amines is 1. The number of halogens is 1. The number of H-pyrrole nitrogens is 1. The highest BCUT2D eigenvalue weighted by Gasteiger charge is 2.15. The smallest absolute Gasteiger partial charge is 0.267 e. The van der Waals surface area contributed by atoms with Crippen LogP contribution >= 0.6 is 35.2 Å². The highest BCUT2D eigenvalue weighted by Crippen LogP contribution is 2.27. The SMILES string of the molecule is Cc1ccc(Cl)c(-n2c(=S)[nH]c3sc(C)c(C)c3c2=O)c1. The first kappa shape index (κ1) is 14.5. The van der Waals surface area contributed by atoms with Crippen LogP contribution in [0.15, 0.2) is 23.0 Å². The number of hydrogen-bond donors (Lipinski definition) is 1. The number of aryl methyl sites for hydroxylation is 3. The van der Waals surface area contributed by atoms with Crippen molar-refractivity contribution >= 4 is 45.4 Å². The third kappa shape index (κ3) is 2.25. The average molecular weight is 337 g/mol. The Morgan fingerprint density at radius 2 is 2.00 bits per heavy atom. The molecule has 2 aromatic heterocycles. The summed E-state index contributed by atoms with van der Waals surface area (Å²) in [5.74, 6) is 0. The van der Waals surface area contributed by atoms with Crippen molar-refractivity contribution in [1.82, 2.24) is 9.55 Å². The molecule has 3 nitrogen and oxygen atoms in total. The molecule has 0 aliphatic rings. The van der Waals surface area contributed by atoms with Crippen LogP contribution in [0, 0.1) is 25.5 Å². The molecule has 0 bridgehead atoms. The Bertz CT molecular complexity index is 982. The van der Waals surface area contributed by atoms with Crippen molar-refractivity contribution in [3.63, 3.8) is 0 Å². The van der Waals surface area contributed by atoms with E-state index in [4.69, 9.17) is 23.8 Å². The number of hydrogen-bond acceptors (Lipinski definition) is 3. The van der Waals surface area contributed by atoms with Crippen LogP contribution in [0.5, 0.6) is 0 Å². The van der Waals surface area contributed by atoms with Gasteiger partial charge in [0.1, 0.15) is 4.83 Å².